The fourth-order valence-corrected chi connectivity index (χ4v) is 8.70. The first-order valence-corrected chi connectivity index (χ1v) is 17.0. The van der Waals surface area contributed by atoms with Crippen molar-refractivity contribution in [3.63, 3.8) is 0 Å². The molecule has 0 saturated carbocycles. The second-order valence-electron chi connectivity index (χ2n) is 12.5. The van der Waals surface area contributed by atoms with Gasteiger partial charge in [-0.2, -0.15) is 0 Å². The van der Waals surface area contributed by atoms with Crippen LogP contribution < -0.4 is 4.90 Å². The van der Waals surface area contributed by atoms with E-state index in [-0.39, 0.29) is 0 Å². The molecule has 3 aromatic heterocycles. The summed E-state index contributed by atoms with van der Waals surface area (Å²) in [7, 11) is 0. The predicted octanol–water partition coefficient (Wildman–Crippen LogP) is 13.6. The lowest BCUT2D eigenvalue weighted by molar-refractivity contribution is 0.669. The maximum Gasteiger partial charge on any atom is 0.143 e. The normalized spacial score (nSPS) is 12.2. The molecular weight excluding hydrogens is 607 g/mol. The molecule has 8 aromatic carbocycles. The number of rotatable bonds is 3. The molecule has 0 aliphatic heterocycles. The molecule has 0 N–H and O–H groups in total. The molecule has 0 radical (unpaired) electrons. The maximum atomic E-state index is 6.58. The van der Waals surface area contributed by atoms with Crippen molar-refractivity contribution in [2.75, 3.05) is 4.90 Å². The summed E-state index contributed by atoms with van der Waals surface area (Å²) < 4.78 is 15.6. The summed E-state index contributed by atoms with van der Waals surface area (Å²) in [4.78, 5) is 2.33. The highest BCUT2D eigenvalue weighted by atomic mass is 32.1. The van der Waals surface area contributed by atoms with Gasteiger partial charge in [0.1, 0.15) is 22.3 Å². The van der Waals surface area contributed by atoms with Crippen molar-refractivity contribution in [1.82, 2.24) is 0 Å². The van der Waals surface area contributed by atoms with Gasteiger partial charge in [-0.1, -0.05) is 72.8 Å². The van der Waals surface area contributed by atoms with E-state index in [0.717, 1.165) is 60.9 Å². The Balaban J connectivity index is 1.15. The van der Waals surface area contributed by atoms with Crippen LogP contribution in [0, 0.1) is 0 Å². The monoisotopic (exact) mass is 631 g/mol. The Morgan fingerprint density at radius 2 is 1.08 bits per heavy atom. The number of thiophene rings is 1. The summed E-state index contributed by atoms with van der Waals surface area (Å²) in [6.45, 7) is 0. The minimum Gasteiger partial charge on any atom is -0.456 e. The Kier molecular flexibility index (Phi) is 5.26. The van der Waals surface area contributed by atoms with Gasteiger partial charge in [-0.25, -0.2) is 0 Å². The van der Waals surface area contributed by atoms with E-state index in [4.69, 9.17) is 8.83 Å². The lowest BCUT2D eigenvalue weighted by atomic mass is 10.0. The quantitative estimate of drug-likeness (QED) is 0.194. The van der Waals surface area contributed by atoms with Gasteiger partial charge in [0.15, 0.2) is 0 Å². The number of nitrogens with zero attached hydrogens (tertiary/aromatic N) is 1. The highest BCUT2D eigenvalue weighted by Gasteiger charge is 2.20. The Labute approximate surface area is 278 Å². The van der Waals surface area contributed by atoms with E-state index in [0.29, 0.717) is 0 Å². The van der Waals surface area contributed by atoms with Crippen LogP contribution >= 0.6 is 11.3 Å². The van der Waals surface area contributed by atoms with Crippen LogP contribution in [-0.2, 0) is 0 Å². The highest BCUT2D eigenvalue weighted by molar-refractivity contribution is 7.26. The van der Waals surface area contributed by atoms with Crippen molar-refractivity contribution in [1.29, 1.82) is 0 Å². The predicted molar refractivity (Wildman–Crippen MR) is 204 cm³/mol. The summed E-state index contributed by atoms with van der Waals surface area (Å²) in [6, 6.07) is 54.1. The number of hydrogen-bond donors (Lipinski definition) is 0. The van der Waals surface area contributed by atoms with Crippen LogP contribution in [0.1, 0.15) is 0 Å². The topological polar surface area (TPSA) is 29.5 Å². The molecule has 0 aliphatic rings. The van der Waals surface area contributed by atoms with E-state index in [2.05, 4.69) is 157 Å². The van der Waals surface area contributed by atoms with Gasteiger partial charge in [0.25, 0.3) is 0 Å². The molecule has 11 rings (SSSR count). The molecule has 11 aromatic rings. The first-order chi connectivity index (χ1) is 23.8. The van der Waals surface area contributed by atoms with Crippen molar-refractivity contribution in [2.24, 2.45) is 0 Å². The average Bonchev–Trinajstić information content (AvgIpc) is 3.81. The molecule has 0 amide bonds. The molecule has 0 saturated heterocycles. The molecule has 3 heterocycles. The summed E-state index contributed by atoms with van der Waals surface area (Å²) in [5, 5.41) is 11.8. The number of furan rings is 2. The Bertz CT molecular complexity index is 3070. The van der Waals surface area contributed by atoms with Crippen molar-refractivity contribution < 1.29 is 8.83 Å². The average molecular weight is 632 g/mol. The van der Waals surface area contributed by atoms with Crippen molar-refractivity contribution in [2.45, 2.75) is 0 Å². The summed E-state index contributed by atoms with van der Waals surface area (Å²) >= 11 is 1.83. The van der Waals surface area contributed by atoms with E-state index >= 15 is 0 Å². The maximum absolute atomic E-state index is 6.58. The van der Waals surface area contributed by atoms with Gasteiger partial charge in [0.2, 0.25) is 0 Å². The SMILES string of the molecule is c1ccc(N(c2ccc3c(c2)oc2cc4ccccc4cc23)c2ccc3sc4ccc5oc6c7ccccc7ccc6c5c4c3c2)cc1. The van der Waals surface area contributed by atoms with Gasteiger partial charge < -0.3 is 13.7 Å². The third-order valence-electron chi connectivity index (χ3n) is 9.80. The van der Waals surface area contributed by atoms with Crippen LogP contribution in [0.15, 0.2) is 160 Å². The third-order valence-corrected chi connectivity index (χ3v) is 10.9. The molecule has 0 fully saturated rings. The molecule has 224 valence electrons. The second-order valence-corrected chi connectivity index (χ2v) is 13.6. The summed E-state index contributed by atoms with van der Waals surface area (Å²) in [6.07, 6.45) is 0. The van der Waals surface area contributed by atoms with Crippen LogP contribution in [0.2, 0.25) is 0 Å². The highest BCUT2D eigenvalue weighted by Crippen LogP contribution is 2.46. The number of anilines is 3. The number of para-hydroxylation sites is 1. The Hall–Kier alpha value is -6.10. The lowest BCUT2D eigenvalue weighted by Gasteiger charge is -2.25. The zero-order valence-corrected chi connectivity index (χ0v) is 26.4. The van der Waals surface area contributed by atoms with E-state index in [9.17, 15) is 0 Å². The fraction of sp³-hybridized carbons (Fsp3) is 0. The van der Waals surface area contributed by atoms with E-state index in [1.54, 1.807) is 0 Å². The van der Waals surface area contributed by atoms with Crippen LogP contribution in [0.25, 0.3) is 85.6 Å². The van der Waals surface area contributed by atoms with Gasteiger partial charge in [0, 0.05) is 70.2 Å². The van der Waals surface area contributed by atoms with Crippen molar-refractivity contribution >= 4 is 114 Å². The molecule has 0 atom stereocenters. The van der Waals surface area contributed by atoms with Crippen LogP contribution in [-0.4, -0.2) is 0 Å². The first kappa shape index (κ1) is 26.0. The third kappa shape index (κ3) is 3.69. The zero-order valence-electron chi connectivity index (χ0n) is 25.6. The minimum atomic E-state index is 0.875. The second kappa shape index (κ2) is 9.71. The number of fused-ring (bicyclic) bond motifs is 13. The first-order valence-electron chi connectivity index (χ1n) is 16.2. The van der Waals surface area contributed by atoms with Crippen molar-refractivity contribution in [3.05, 3.63) is 152 Å². The van der Waals surface area contributed by atoms with Gasteiger partial charge in [0.05, 0.1) is 0 Å². The number of benzene rings is 8. The smallest absolute Gasteiger partial charge is 0.143 e. The summed E-state index contributed by atoms with van der Waals surface area (Å²) in [5.41, 5.74) is 6.86. The van der Waals surface area contributed by atoms with Crippen LogP contribution in [0.5, 0.6) is 0 Å². The molecule has 3 nitrogen and oxygen atoms in total. The molecule has 48 heavy (non-hydrogen) atoms. The molecule has 0 aliphatic carbocycles. The summed E-state index contributed by atoms with van der Waals surface area (Å²) in [5.74, 6) is 0. The standard InChI is InChI=1S/C44H25NO2S/c1-2-11-29(12-3-1)45(31-15-18-33-35-22-27-9-4-5-10-28(27)23-38(35)46-39(33)25-31)30-16-20-40-36(24-30)43-41(48-40)21-19-37-42(43)34-17-14-26-8-6-7-13-32(26)44(34)47-37/h1-25H. The van der Waals surface area contributed by atoms with Crippen LogP contribution in [0.4, 0.5) is 17.1 Å². The molecule has 0 spiro atoms. The van der Waals surface area contributed by atoms with Crippen molar-refractivity contribution in [3.8, 4) is 0 Å². The van der Waals surface area contributed by atoms with E-state index < -0.39 is 0 Å². The van der Waals surface area contributed by atoms with Gasteiger partial charge in [-0.15, -0.1) is 11.3 Å². The number of hydrogen-bond acceptors (Lipinski definition) is 4. The molecule has 4 heteroatoms. The van der Waals surface area contributed by atoms with Crippen LogP contribution in [0.3, 0.4) is 0 Å². The fourth-order valence-electron chi connectivity index (χ4n) is 7.60. The molecule has 0 bridgehead atoms. The largest absolute Gasteiger partial charge is 0.456 e. The minimum absolute atomic E-state index is 0.875. The lowest BCUT2D eigenvalue weighted by Crippen LogP contribution is -2.09. The van der Waals surface area contributed by atoms with Gasteiger partial charge >= 0.3 is 0 Å². The molecular formula is C44H25NO2S. The zero-order chi connectivity index (χ0) is 31.3. The Morgan fingerprint density at radius 1 is 0.375 bits per heavy atom. The van der Waals surface area contributed by atoms with E-state index in [1.165, 1.54) is 41.7 Å². The van der Waals surface area contributed by atoms with E-state index in [1.807, 2.05) is 11.3 Å². The Morgan fingerprint density at radius 3 is 1.98 bits per heavy atom. The van der Waals surface area contributed by atoms with Gasteiger partial charge in [-0.3, -0.25) is 0 Å². The molecule has 0 unspecified atom stereocenters. The van der Waals surface area contributed by atoms with Gasteiger partial charge in [-0.05, 0) is 89.0 Å².